The molecule has 7 heteroatoms. The summed E-state index contributed by atoms with van der Waals surface area (Å²) in [5, 5.41) is 2.34. The number of hydrogen-bond donors (Lipinski definition) is 1. The molecule has 0 fully saturated rings. The molecule has 1 aromatic heterocycles. The van der Waals surface area contributed by atoms with Gasteiger partial charge in [0.1, 0.15) is 11.6 Å². The van der Waals surface area contributed by atoms with Gasteiger partial charge < -0.3 is 5.32 Å². The number of nitrogens with one attached hydrogen (secondary N) is 1. The second kappa shape index (κ2) is 7.51. The number of halogens is 2. The third-order valence-corrected chi connectivity index (χ3v) is 4.14. The molecule has 3 aromatic rings. The van der Waals surface area contributed by atoms with Gasteiger partial charge in [0, 0.05) is 25.6 Å². The first-order chi connectivity index (χ1) is 12.5. The fourth-order valence-electron chi connectivity index (χ4n) is 2.95. The lowest BCUT2D eigenvalue weighted by Gasteiger charge is -2.07. The quantitative estimate of drug-likeness (QED) is 0.732. The van der Waals surface area contributed by atoms with E-state index in [4.69, 9.17) is 0 Å². The smallest absolute Gasteiger partial charge is 0.323 e. The predicted molar refractivity (Wildman–Crippen MR) is 96.1 cm³/mol. The number of carbonyl (C=O) groups is 1. The van der Waals surface area contributed by atoms with Gasteiger partial charge in [-0.25, -0.2) is 13.6 Å². The summed E-state index contributed by atoms with van der Waals surface area (Å²) in [5.41, 5.74) is 1.17. The molecule has 0 aliphatic heterocycles. The minimum Gasteiger partial charge on any atom is -0.323 e. The second-order valence-electron chi connectivity index (χ2n) is 6.00. The first kappa shape index (κ1) is 17.8. The van der Waals surface area contributed by atoms with Crippen LogP contribution >= 0.6 is 0 Å². The van der Waals surface area contributed by atoms with E-state index in [1.165, 1.54) is 4.57 Å². The Morgan fingerprint density at radius 3 is 2.35 bits per heavy atom. The Balaban J connectivity index is 1.79. The van der Waals surface area contributed by atoms with Crippen LogP contribution in [0.3, 0.4) is 0 Å². The molecule has 1 heterocycles. The van der Waals surface area contributed by atoms with Crippen LogP contribution in [-0.2, 0) is 17.9 Å². The number of aryl methyl sites for hydroxylation is 2. The molecule has 136 valence electrons. The van der Waals surface area contributed by atoms with Gasteiger partial charge in [0.25, 0.3) is 0 Å². The highest BCUT2D eigenvalue weighted by Gasteiger charge is 2.14. The minimum absolute atomic E-state index is 0.0318. The Morgan fingerprint density at radius 1 is 1.04 bits per heavy atom. The molecule has 0 atom stereocenters. The van der Waals surface area contributed by atoms with E-state index >= 15 is 0 Å². The van der Waals surface area contributed by atoms with Crippen molar-refractivity contribution < 1.29 is 13.6 Å². The maximum Gasteiger partial charge on any atom is 0.329 e. The summed E-state index contributed by atoms with van der Waals surface area (Å²) in [6.07, 6.45) is 0.781. The van der Waals surface area contributed by atoms with Crippen molar-refractivity contribution in [2.45, 2.75) is 32.9 Å². The number of para-hydroxylation sites is 2. The number of nitrogens with zero attached hydrogens (tertiary/aromatic N) is 2. The lowest BCUT2D eigenvalue weighted by Crippen LogP contribution is -2.26. The molecule has 1 amide bonds. The zero-order valence-corrected chi connectivity index (χ0v) is 14.3. The average Bonchev–Trinajstić information content (AvgIpc) is 2.89. The Kier molecular flexibility index (Phi) is 5.16. The van der Waals surface area contributed by atoms with Gasteiger partial charge in [-0.05, 0) is 30.7 Å². The number of fused-ring (bicyclic) bond motifs is 1. The Hall–Kier alpha value is -2.96. The van der Waals surface area contributed by atoms with E-state index < -0.39 is 17.5 Å². The number of hydrogen-bond acceptors (Lipinski definition) is 2. The Morgan fingerprint density at radius 2 is 1.69 bits per heavy atom. The van der Waals surface area contributed by atoms with Crippen LogP contribution in [0.1, 0.15) is 19.8 Å². The standard InChI is InChI=1S/C19H19F2N3O2/c1-2-10-23-16-5-3-4-6-17(16)24(19(23)26)11-9-18(25)22-15-12-13(20)7-8-14(15)21/h3-8,12H,2,9-11H2,1H3,(H,22,25). The van der Waals surface area contributed by atoms with E-state index in [-0.39, 0.29) is 24.3 Å². The number of rotatable bonds is 6. The third kappa shape index (κ3) is 3.51. The first-order valence-electron chi connectivity index (χ1n) is 8.44. The number of benzene rings is 2. The maximum atomic E-state index is 13.6. The molecule has 0 saturated heterocycles. The molecule has 0 aliphatic rings. The third-order valence-electron chi connectivity index (χ3n) is 4.14. The van der Waals surface area contributed by atoms with E-state index in [9.17, 15) is 18.4 Å². The van der Waals surface area contributed by atoms with Gasteiger partial charge in [0.15, 0.2) is 0 Å². The molecule has 2 aromatic carbocycles. The van der Waals surface area contributed by atoms with Crippen molar-refractivity contribution >= 4 is 22.6 Å². The highest BCUT2D eigenvalue weighted by molar-refractivity contribution is 5.90. The molecule has 0 spiro atoms. The van der Waals surface area contributed by atoms with E-state index in [1.807, 2.05) is 31.2 Å². The van der Waals surface area contributed by atoms with Crippen LogP contribution in [-0.4, -0.2) is 15.0 Å². The summed E-state index contributed by atoms with van der Waals surface area (Å²) < 4.78 is 30.0. The summed E-state index contributed by atoms with van der Waals surface area (Å²) in [6, 6.07) is 10.2. The van der Waals surface area contributed by atoms with Crippen LogP contribution in [0.25, 0.3) is 11.0 Å². The molecular weight excluding hydrogens is 340 g/mol. The van der Waals surface area contributed by atoms with Crippen molar-refractivity contribution in [2.75, 3.05) is 5.32 Å². The predicted octanol–water partition coefficient (Wildman–Crippen LogP) is 3.52. The summed E-state index contributed by atoms with van der Waals surface area (Å²) >= 11 is 0. The van der Waals surface area contributed by atoms with Gasteiger partial charge >= 0.3 is 5.69 Å². The average molecular weight is 359 g/mol. The highest BCUT2D eigenvalue weighted by Crippen LogP contribution is 2.16. The van der Waals surface area contributed by atoms with Crippen molar-refractivity contribution in [3.63, 3.8) is 0 Å². The molecule has 26 heavy (non-hydrogen) atoms. The summed E-state index contributed by atoms with van der Waals surface area (Å²) in [6.45, 7) is 2.73. The van der Waals surface area contributed by atoms with Crippen molar-refractivity contribution in [3.8, 4) is 0 Å². The van der Waals surface area contributed by atoms with Crippen LogP contribution < -0.4 is 11.0 Å². The normalized spacial score (nSPS) is 11.0. The zero-order valence-electron chi connectivity index (χ0n) is 14.3. The van der Waals surface area contributed by atoms with Crippen molar-refractivity contribution in [2.24, 2.45) is 0 Å². The molecule has 0 bridgehead atoms. The van der Waals surface area contributed by atoms with Gasteiger partial charge in [-0.15, -0.1) is 0 Å². The lowest BCUT2D eigenvalue weighted by molar-refractivity contribution is -0.116. The van der Waals surface area contributed by atoms with Gasteiger partial charge in [0.2, 0.25) is 5.91 Å². The molecule has 3 rings (SSSR count). The Bertz CT molecular complexity index is 1010. The number of imidazole rings is 1. The second-order valence-corrected chi connectivity index (χ2v) is 6.00. The molecule has 0 radical (unpaired) electrons. The Labute approximate surface area is 148 Å². The fourth-order valence-corrected chi connectivity index (χ4v) is 2.95. The van der Waals surface area contributed by atoms with Crippen LogP contribution in [0.2, 0.25) is 0 Å². The largest absolute Gasteiger partial charge is 0.329 e. The monoisotopic (exact) mass is 359 g/mol. The van der Waals surface area contributed by atoms with E-state index in [2.05, 4.69) is 5.32 Å². The van der Waals surface area contributed by atoms with Crippen LogP contribution in [0.4, 0.5) is 14.5 Å². The lowest BCUT2D eigenvalue weighted by atomic mass is 10.2. The highest BCUT2D eigenvalue weighted by atomic mass is 19.1. The number of carbonyl (C=O) groups excluding carboxylic acids is 1. The van der Waals surface area contributed by atoms with Crippen molar-refractivity contribution in [1.29, 1.82) is 0 Å². The van der Waals surface area contributed by atoms with Crippen molar-refractivity contribution in [3.05, 3.63) is 64.6 Å². The molecule has 5 nitrogen and oxygen atoms in total. The van der Waals surface area contributed by atoms with E-state index in [1.54, 1.807) is 4.57 Å². The van der Waals surface area contributed by atoms with Gasteiger partial charge in [-0.1, -0.05) is 19.1 Å². The molecule has 0 aliphatic carbocycles. The first-order valence-corrected chi connectivity index (χ1v) is 8.44. The van der Waals surface area contributed by atoms with Crippen LogP contribution in [0.15, 0.2) is 47.3 Å². The fraction of sp³-hybridized carbons (Fsp3) is 0.263. The van der Waals surface area contributed by atoms with E-state index in [0.717, 1.165) is 35.7 Å². The van der Waals surface area contributed by atoms with Gasteiger partial charge in [0.05, 0.1) is 16.7 Å². The van der Waals surface area contributed by atoms with Crippen molar-refractivity contribution in [1.82, 2.24) is 9.13 Å². The zero-order chi connectivity index (χ0) is 18.7. The number of aromatic nitrogens is 2. The van der Waals surface area contributed by atoms with E-state index in [0.29, 0.717) is 6.54 Å². The number of anilines is 1. The van der Waals surface area contributed by atoms with Gasteiger partial charge in [-0.3, -0.25) is 13.9 Å². The summed E-state index contributed by atoms with van der Waals surface area (Å²) in [5.74, 6) is -1.84. The van der Waals surface area contributed by atoms with Crippen LogP contribution in [0.5, 0.6) is 0 Å². The SMILES string of the molecule is CCCn1c(=O)n(CCC(=O)Nc2cc(F)ccc2F)c2ccccc21. The van der Waals surface area contributed by atoms with Crippen LogP contribution in [0, 0.1) is 11.6 Å². The topological polar surface area (TPSA) is 56.0 Å². The minimum atomic E-state index is -0.712. The molecule has 0 saturated carbocycles. The summed E-state index contributed by atoms with van der Waals surface area (Å²) in [4.78, 5) is 24.7. The maximum absolute atomic E-state index is 13.6. The molecule has 0 unspecified atom stereocenters. The van der Waals surface area contributed by atoms with Gasteiger partial charge in [-0.2, -0.15) is 0 Å². The molecular formula is C19H19F2N3O2. The number of amides is 1. The summed E-state index contributed by atoms with van der Waals surface area (Å²) in [7, 11) is 0. The molecule has 1 N–H and O–H groups in total.